The van der Waals surface area contributed by atoms with Gasteiger partial charge in [-0.05, 0) is 29.7 Å². The quantitative estimate of drug-likeness (QED) is 0.544. The molecule has 0 saturated carbocycles. The van der Waals surface area contributed by atoms with Gasteiger partial charge in [0.25, 0.3) is 0 Å². The van der Waals surface area contributed by atoms with Crippen LogP contribution >= 0.6 is 0 Å². The number of carbonyl (C=O) groups is 2. The second-order valence-electron chi connectivity index (χ2n) is 4.32. The SMILES string of the molecule is NCc1[nH]cc(CCC(=O)O)c1CC(=O)O.c1cc[nH]c1. The van der Waals surface area contributed by atoms with Gasteiger partial charge < -0.3 is 25.9 Å². The first-order valence-electron chi connectivity index (χ1n) is 6.44. The molecule has 0 spiro atoms. The summed E-state index contributed by atoms with van der Waals surface area (Å²) in [6.07, 6.45) is 5.54. The van der Waals surface area contributed by atoms with Gasteiger partial charge in [0, 0.05) is 37.3 Å². The van der Waals surface area contributed by atoms with E-state index >= 15 is 0 Å². The third kappa shape index (κ3) is 5.96. The Hall–Kier alpha value is -2.54. The number of nitrogens with one attached hydrogen (secondary N) is 2. The number of aryl methyl sites for hydroxylation is 1. The van der Waals surface area contributed by atoms with E-state index < -0.39 is 11.9 Å². The van der Waals surface area contributed by atoms with Gasteiger partial charge in [0.05, 0.1) is 6.42 Å². The predicted molar refractivity (Wildman–Crippen MR) is 76.8 cm³/mol. The molecule has 0 aliphatic rings. The van der Waals surface area contributed by atoms with Gasteiger partial charge >= 0.3 is 11.9 Å². The van der Waals surface area contributed by atoms with E-state index in [0.29, 0.717) is 23.2 Å². The molecule has 7 heteroatoms. The van der Waals surface area contributed by atoms with Crippen molar-refractivity contribution >= 4 is 11.9 Å². The smallest absolute Gasteiger partial charge is 0.307 e. The topological polar surface area (TPSA) is 132 Å². The maximum atomic E-state index is 10.7. The number of aromatic amines is 2. The van der Waals surface area contributed by atoms with E-state index in [9.17, 15) is 9.59 Å². The minimum absolute atomic E-state index is 0.0194. The van der Waals surface area contributed by atoms with Crippen molar-refractivity contribution < 1.29 is 19.8 Å². The Morgan fingerprint density at radius 1 is 1.14 bits per heavy atom. The van der Waals surface area contributed by atoms with E-state index in [4.69, 9.17) is 15.9 Å². The molecular formula is C14H19N3O4. The molecule has 2 rings (SSSR count). The number of carboxylic acid groups (broad SMARTS) is 2. The van der Waals surface area contributed by atoms with Crippen molar-refractivity contribution in [3.05, 3.63) is 47.5 Å². The Bertz CT molecular complexity index is 544. The van der Waals surface area contributed by atoms with Crippen LogP contribution in [-0.4, -0.2) is 32.1 Å². The third-order valence-corrected chi connectivity index (χ3v) is 2.81. The molecule has 6 N–H and O–H groups in total. The molecule has 0 bridgehead atoms. The number of aromatic nitrogens is 2. The third-order valence-electron chi connectivity index (χ3n) is 2.81. The molecule has 7 nitrogen and oxygen atoms in total. The second-order valence-corrected chi connectivity index (χ2v) is 4.32. The Morgan fingerprint density at radius 2 is 1.81 bits per heavy atom. The summed E-state index contributed by atoms with van der Waals surface area (Å²) in [5, 5.41) is 17.3. The van der Waals surface area contributed by atoms with Crippen LogP contribution in [0.2, 0.25) is 0 Å². The van der Waals surface area contributed by atoms with Gasteiger partial charge in [-0.15, -0.1) is 0 Å². The molecule has 0 atom stereocenters. The minimum Gasteiger partial charge on any atom is -0.481 e. The van der Waals surface area contributed by atoms with Gasteiger partial charge in [-0.2, -0.15) is 0 Å². The Balaban J connectivity index is 0.000000369. The number of aliphatic carboxylic acids is 2. The van der Waals surface area contributed by atoms with Gasteiger partial charge in [-0.3, -0.25) is 9.59 Å². The van der Waals surface area contributed by atoms with Crippen LogP contribution in [0, 0.1) is 0 Å². The molecule has 0 radical (unpaired) electrons. The molecule has 0 fully saturated rings. The molecule has 21 heavy (non-hydrogen) atoms. The van der Waals surface area contributed by atoms with E-state index in [1.807, 2.05) is 24.5 Å². The van der Waals surface area contributed by atoms with Gasteiger partial charge in [0.2, 0.25) is 0 Å². The van der Waals surface area contributed by atoms with Crippen LogP contribution in [0.4, 0.5) is 0 Å². The standard InChI is InChI=1S/C10H14N2O4.C4H5N/c11-4-8-7(3-10(15)16)6(5-12-8)1-2-9(13)14;1-2-4-5-3-1/h5,12H,1-4,11H2,(H,13,14)(H,15,16);1-5H. The molecule has 0 saturated heterocycles. The lowest BCUT2D eigenvalue weighted by molar-refractivity contribution is -0.137. The second kappa shape index (κ2) is 8.60. The summed E-state index contributed by atoms with van der Waals surface area (Å²) in [4.78, 5) is 26.8. The number of nitrogens with two attached hydrogens (primary N) is 1. The lowest BCUT2D eigenvalue weighted by Gasteiger charge is -2.02. The fourth-order valence-electron chi connectivity index (χ4n) is 1.84. The minimum atomic E-state index is -0.953. The average Bonchev–Trinajstić information content (AvgIpc) is 3.08. The average molecular weight is 293 g/mol. The van der Waals surface area contributed by atoms with Crippen LogP contribution in [-0.2, 0) is 29.0 Å². The predicted octanol–water partition coefficient (Wildman–Crippen LogP) is 1.13. The maximum Gasteiger partial charge on any atom is 0.307 e. The zero-order valence-electron chi connectivity index (χ0n) is 11.5. The first-order chi connectivity index (χ1) is 10.0. The number of H-pyrrole nitrogens is 2. The summed E-state index contributed by atoms with van der Waals surface area (Å²) >= 11 is 0. The van der Waals surface area contributed by atoms with E-state index in [-0.39, 0.29) is 19.4 Å². The highest BCUT2D eigenvalue weighted by Gasteiger charge is 2.14. The van der Waals surface area contributed by atoms with Gasteiger partial charge in [0.15, 0.2) is 0 Å². The van der Waals surface area contributed by atoms with Crippen molar-refractivity contribution in [2.75, 3.05) is 0 Å². The number of hydrogen-bond donors (Lipinski definition) is 5. The van der Waals surface area contributed by atoms with Crippen molar-refractivity contribution in [3.8, 4) is 0 Å². The molecular weight excluding hydrogens is 274 g/mol. The summed E-state index contributed by atoms with van der Waals surface area (Å²) in [6, 6.07) is 3.89. The molecule has 0 unspecified atom stereocenters. The Kier molecular flexibility index (Phi) is 6.76. The first kappa shape index (κ1) is 16.5. The zero-order valence-corrected chi connectivity index (χ0v) is 11.5. The van der Waals surface area contributed by atoms with Crippen molar-refractivity contribution in [2.45, 2.75) is 25.8 Å². The fraction of sp³-hybridized carbons (Fsp3) is 0.286. The van der Waals surface area contributed by atoms with E-state index in [1.165, 1.54) is 0 Å². The van der Waals surface area contributed by atoms with E-state index in [0.717, 1.165) is 0 Å². The normalized spacial score (nSPS) is 9.76. The van der Waals surface area contributed by atoms with Gasteiger partial charge in [0.1, 0.15) is 0 Å². The summed E-state index contributed by atoms with van der Waals surface area (Å²) in [6.45, 7) is 0.218. The van der Waals surface area contributed by atoms with Crippen LogP contribution in [0.25, 0.3) is 0 Å². The first-order valence-corrected chi connectivity index (χ1v) is 6.44. The Morgan fingerprint density at radius 3 is 2.24 bits per heavy atom. The van der Waals surface area contributed by atoms with Crippen LogP contribution < -0.4 is 5.73 Å². The van der Waals surface area contributed by atoms with Crippen LogP contribution in [0.5, 0.6) is 0 Å². The number of hydrogen-bond acceptors (Lipinski definition) is 3. The monoisotopic (exact) mass is 293 g/mol. The summed E-state index contributed by atoms with van der Waals surface area (Å²) in [5.74, 6) is -1.86. The summed E-state index contributed by atoms with van der Waals surface area (Å²) < 4.78 is 0. The lowest BCUT2D eigenvalue weighted by Crippen LogP contribution is -2.08. The van der Waals surface area contributed by atoms with Crippen LogP contribution in [0.15, 0.2) is 30.7 Å². The largest absolute Gasteiger partial charge is 0.481 e. The molecule has 0 aliphatic carbocycles. The highest BCUT2D eigenvalue weighted by molar-refractivity contribution is 5.71. The number of carboxylic acids is 2. The van der Waals surface area contributed by atoms with Crippen molar-refractivity contribution in [1.29, 1.82) is 0 Å². The van der Waals surface area contributed by atoms with Gasteiger partial charge in [-0.1, -0.05) is 0 Å². The Labute approximate surface area is 121 Å². The van der Waals surface area contributed by atoms with Gasteiger partial charge in [-0.25, -0.2) is 0 Å². The van der Waals surface area contributed by atoms with Crippen molar-refractivity contribution in [3.63, 3.8) is 0 Å². The van der Waals surface area contributed by atoms with E-state index in [1.54, 1.807) is 6.20 Å². The maximum absolute atomic E-state index is 10.7. The van der Waals surface area contributed by atoms with Crippen LogP contribution in [0.3, 0.4) is 0 Å². The number of rotatable bonds is 6. The molecule has 2 aromatic heterocycles. The van der Waals surface area contributed by atoms with Crippen LogP contribution in [0.1, 0.15) is 23.2 Å². The highest BCUT2D eigenvalue weighted by atomic mass is 16.4. The summed E-state index contributed by atoms with van der Waals surface area (Å²) in [5.41, 5.74) is 7.43. The molecule has 0 amide bonds. The molecule has 0 aromatic carbocycles. The highest BCUT2D eigenvalue weighted by Crippen LogP contribution is 2.16. The zero-order chi connectivity index (χ0) is 15.7. The van der Waals surface area contributed by atoms with E-state index in [2.05, 4.69) is 9.97 Å². The molecule has 2 aromatic rings. The molecule has 2 heterocycles. The molecule has 0 aliphatic heterocycles. The lowest BCUT2D eigenvalue weighted by atomic mass is 10.0. The fourth-order valence-corrected chi connectivity index (χ4v) is 1.84. The summed E-state index contributed by atoms with van der Waals surface area (Å²) in [7, 11) is 0. The molecule has 114 valence electrons. The van der Waals surface area contributed by atoms with Crippen molar-refractivity contribution in [2.24, 2.45) is 5.73 Å². The van der Waals surface area contributed by atoms with Crippen molar-refractivity contribution in [1.82, 2.24) is 9.97 Å².